The van der Waals surface area contributed by atoms with Gasteiger partial charge in [-0.05, 0) is 11.5 Å². The van der Waals surface area contributed by atoms with Crippen molar-refractivity contribution in [2.24, 2.45) is 5.41 Å². The van der Waals surface area contributed by atoms with Crippen LogP contribution in [0.4, 0.5) is 5.69 Å². The summed E-state index contributed by atoms with van der Waals surface area (Å²) in [6, 6.07) is 3.40. The van der Waals surface area contributed by atoms with E-state index in [9.17, 15) is 4.79 Å². The van der Waals surface area contributed by atoms with Gasteiger partial charge in [0.2, 0.25) is 0 Å². The van der Waals surface area contributed by atoms with Crippen LogP contribution in [-0.2, 0) is 11.3 Å². The monoisotopic (exact) mass is 238 g/mol. The van der Waals surface area contributed by atoms with Gasteiger partial charge in [-0.1, -0.05) is 20.8 Å². The summed E-state index contributed by atoms with van der Waals surface area (Å²) in [5, 5.41) is 3.33. The molecule has 0 radical (unpaired) electrons. The number of hydrogen-bond acceptors (Lipinski definition) is 3. The average Bonchev–Trinajstić information content (AvgIpc) is 2.25. The zero-order valence-corrected chi connectivity index (χ0v) is 11.1. The molecule has 0 spiro atoms. The summed E-state index contributed by atoms with van der Waals surface area (Å²) in [5.41, 5.74) is 1.19. The molecule has 0 saturated heterocycles. The lowest BCUT2D eigenvalue weighted by Gasteiger charge is -2.20. The van der Waals surface area contributed by atoms with E-state index in [-0.39, 0.29) is 11.0 Å². The van der Waals surface area contributed by atoms with Crippen molar-refractivity contribution >= 4 is 5.69 Å². The molecule has 1 heterocycles. The van der Waals surface area contributed by atoms with Crippen molar-refractivity contribution < 1.29 is 4.74 Å². The van der Waals surface area contributed by atoms with Gasteiger partial charge in [-0.3, -0.25) is 4.79 Å². The third-order valence-corrected chi connectivity index (χ3v) is 2.34. The third-order valence-electron chi connectivity index (χ3n) is 2.34. The molecular weight excluding hydrogens is 216 g/mol. The molecule has 0 unspecified atom stereocenters. The van der Waals surface area contributed by atoms with Gasteiger partial charge in [0.1, 0.15) is 0 Å². The zero-order valence-electron chi connectivity index (χ0n) is 11.1. The van der Waals surface area contributed by atoms with Crippen LogP contribution in [0.25, 0.3) is 0 Å². The highest BCUT2D eigenvalue weighted by Crippen LogP contribution is 2.14. The van der Waals surface area contributed by atoms with Crippen LogP contribution in [0.15, 0.2) is 23.1 Å². The van der Waals surface area contributed by atoms with Crippen LogP contribution in [0.3, 0.4) is 0 Å². The maximum Gasteiger partial charge on any atom is 0.250 e. The Labute approximate surface area is 103 Å². The SMILES string of the molecule is COCCn1cc(NCC(C)(C)C)ccc1=O. The Morgan fingerprint density at radius 1 is 1.35 bits per heavy atom. The maximum absolute atomic E-state index is 11.6. The molecule has 1 aromatic rings. The number of nitrogens with zero attached hydrogens (tertiary/aromatic N) is 1. The largest absolute Gasteiger partial charge is 0.383 e. The van der Waals surface area contributed by atoms with Crippen LogP contribution >= 0.6 is 0 Å². The van der Waals surface area contributed by atoms with Gasteiger partial charge < -0.3 is 14.6 Å². The molecule has 1 rings (SSSR count). The highest BCUT2D eigenvalue weighted by Gasteiger charge is 2.09. The quantitative estimate of drug-likeness (QED) is 0.852. The fourth-order valence-electron chi connectivity index (χ4n) is 1.37. The van der Waals surface area contributed by atoms with Crippen molar-refractivity contribution in [1.82, 2.24) is 4.57 Å². The molecule has 0 aliphatic carbocycles. The fourth-order valence-corrected chi connectivity index (χ4v) is 1.37. The highest BCUT2D eigenvalue weighted by atomic mass is 16.5. The summed E-state index contributed by atoms with van der Waals surface area (Å²) in [7, 11) is 1.63. The molecule has 0 bridgehead atoms. The predicted octanol–water partition coefficient (Wildman–Crippen LogP) is 1.95. The molecule has 4 heteroatoms. The molecule has 17 heavy (non-hydrogen) atoms. The molecular formula is C13H22N2O2. The number of aromatic nitrogens is 1. The van der Waals surface area contributed by atoms with Crippen molar-refractivity contribution in [1.29, 1.82) is 0 Å². The second kappa shape index (κ2) is 5.87. The summed E-state index contributed by atoms with van der Waals surface area (Å²) < 4.78 is 6.64. The lowest BCUT2D eigenvalue weighted by atomic mass is 9.97. The number of anilines is 1. The molecule has 0 fully saturated rings. The molecule has 1 N–H and O–H groups in total. The van der Waals surface area contributed by atoms with E-state index in [0.29, 0.717) is 13.2 Å². The van der Waals surface area contributed by atoms with E-state index in [4.69, 9.17) is 4.74 Å². The van der Waals surface area contributed by atoms with E-state index < -0.39 is 0 Å². The smallest absolute Gasteiger partial charge is 0.250 e. The molecule has 96 valence electrons. The van der Waals surface area contributed by atoms with E-state index in [1.54, 1.807) is 17.7 Å². The Kier molecular flexibility index (Phi) is 4.75. The summed E-state index contributed by atoms with van der Waals surface area (Å²) in [5.74, 6) is 0. The number of rotatable bonds is 5. The van der Waals surface area contributed by atoms with Crippen LogP contribution in [0, 0.1) is 5.41 Å². The van der Waals surface area contributed by atoms with Crippen molar-refractivity contribution in [3.8, 4) is 0 Å². The molecule has 0 amide bonds. The third kappa shape index (κ3) is 5.04. The lowest BCUT2D eigenvalue weighted by molar-refractivity contribution is 0.186. The van der Waals surface area contributed by atoms with Gasteiger partial charge in [0.05, 0.1) is 12.3 Å². The molecule has 0 saturated carbocycles. The zero-order chi connectivity index (χ0) is 12.9. The van der Waals surface area contributed by atoms with Gasteiger partial charge in [0.25, 0.3) is 5.56 Å². The first-order chi connectivity index (χ1) is 7.92. The second-order valence-electron chi connectivity index (χ2n) is 5.36. The van der Waals surface area contributed by atoms with Crippen molar-refractivity contribution in [3.63, 3.8) is 0 Å². The molecule has 0 aromatic carbocycles. The van der Waals surface area contributed by atoms with Gasteiger partial charge in [-0.25, -0.2) is 0 Å². The number of nitrogens with one attached hydrogen (secondary N) is 1. The van der Waals surface area contributed by atoms with Gasteiger partial charge in [0.15, 0.2) is 0 Å². The number of methoxy groups -OCH3 is 1. The van der Waals surface area contributed by atoms with Crippen LogP contribution in [0.5, 0.6) is 0 Å². The fraction of sp³-hybridized carbons (Fsp3) is 0.615. The summed E-state index contributed by atoms with van der Waals surface area (Å²) in [4.78, 5) is 11.6. The average molecular weight is 238 g/mol. The predicted molar refractivity (Wildman–Crippen MR) is 70.5 cm³/mol. The second-order valence-corrected chi connectivity index (χ2v) is 5.36. The van der Waals surface area contributed by atoms with Crippen molar-refractivity contribution in [2.45, 2.75) is 27.3 Å². The molecule has 4 nitrogen and oxygen atoms in total. The number of pyridine rings is 1. The molecule has 0 aliphatic heterocycles. The van der Waals surface area contributed by atoms with E-state index in [2.05, 4.69) is 26.1 Å². The van der Waals surface area contributed by atoms with Crippen LogP contribution in [0.1, 0.15) is 20.8 Å². The molecule has 0 aliphatic rings. The van der Waals surface area contributed by atoms with E-state index >= 15 is 0 Å². The Balaban J connectivity index is 2.71. The minimum atomic E-state index is 0.00311. The van der Waals surface area contributed by atoms with Crippen molar-refractivity contribution in [3.05, 3.63) is 28.7 Å². The van der Waals surface area contributed by atoms with Crippen LogP contribution in [0.2, 0.25) is 0 Å². The minimum absolute atomic E-state index is 0.00311. The standard InChI is InChI=1S/C13H22N2O2/c1-13(2,3)10-14-11-5-6-12(16)15(9-11)7-8-17-4/h5-6,9,14H,7-8,10H2,1-4H3. The molecule has 0 atom stereocenters. The van der Waals surface area contributed by atoms with Gasteiger partial charge in [0, 0.05) is 32.5 Å². The normalized spacial score (nSPS) is 11.5. The highest BCUT2D eigenvalue weighted by molar-refractivity contribution is 5.40. The van der Waals surface area contributed by atoms with Gasteiger partial charge in [-0.15, -0.1) is 0 Å². The number of ether oxygens (including phenoxy) is 1. The van der Waals surface area contributed by atoms with E-state index in [0.717, 1.165) is 12.2 Å². The maximum atomic E-state index is 11.6. The lowest BCUT2D eigenvalue weighted by Crippen LogP contribution is -2.23. The topological polar surface area (TPSA) is 43.3 Å². The summed E-state index contributed by atoms with van der Waals surface area (Å²) in [6.45, 7) is 8.50. The van der Waals surface area contributed by atoms with Crippen molar-refractivity contribution in [2.75, 3.05) is 25.6 Å². The minimum Gasteiger partial charge on any atom is -0.383 e. The van der Waals surface area contributed by atoms with Gasteiger partial charge in [-0.2, -0.15) is 0 Å². The Hall–Kier alpha value is -1.29. The van der Waals surface area contributed by atoms with Gasteiger partial charge >= 0.3 is 0 Å². The first-order valence-corrected chi connectivity index (χ1v) is 5.86. The molecule has 1 aromatic heterocycles. The Morgan fingerprint density at radius 2 is 2.06 bits per heavy atom. The van der Waals surface area contributed by atoms with E-state index in [1.165, 1.54) is 0 Å². The van der Waals surface area contributed by atoms with E-state index in [1.807, 2.05) is 12.3 Å². The Bertz CT molecular complexity index is 405. The first-order valence-electron chi connectivity index (χ1n) is 5.86. The number of hydrogen-bond donors (Lipinski definition) is 1. The van der Waals surface area contributed by atoms with Crippen LogP contribution in [-0.4, -0.2) is 24.8 Å². The Morgan fingerprint density at radius 3 is 2.65 bits per heavy atom. The van der Waals surface area contributed by atoms with Crippen LogP contribution < -0.4 is 10.9 Å². The summed E-state index contributed by atoms with van der Waals surface area (Å²) in [6.07, 6.45) is 1.84. The first kappa shape index (κ1) is 13.8. The summed E-state index contributed by atoms with van der Waals surface area (Å²) >= 11 is 0.